The number of nitrogens with zero attached hydrogens (tertiary/aromatic N) is 2. The number of fused-ring (bicyclic) bond motifs is 1. The fraction of sp³-hybridized carbons (Fsp3) is 0.700. The fourth-order valence-electron chi connectivity index (χ4n) is 2.16. The van der Waals surface area contributed by atoms with Crippen LogP contribution in [0.3, 0.4) is 0 Å². The minimum Gasteiger partial charge on any atom is -0.378 e. The van der Waals surface area contributed by atoms with Crippen molar-refractivity contribution in [3.63, 3.8) is 0 Å². The lowest BCUT2D eigenvalue weighted by Crippen LogP contribution is -2.37. The Hall–Kier alpha value is -1.07. The van der Waals surface area contributed by atoms with Crippen molar-refractivity contribution < 1.29 is 9.26 Å². The number of ether oxygens (including phenoxy) is 1. The lowest BCUT2D eigenvalue weighted by atomic mass is 10.1. The van der Waals surface area contributed by atoms with Gasteiger partial charge in [0.1, 0.15) is 5.69 Å². The van der Waals surface area contributed by atoms with E-state index in [9.17, 15) is 0 Å². The topological polar surface area (TPSA) is 50.5 Å². The molecule has 3 rings (SSSR count). The second-order valence-corrected chi connectivity index (χ2v) is 3.94. The van der Waals surface area contributed by atoms with Crippen molar-refractivity contribution >= 4 is 5.88 Å². The van der Waals surface area contributed by atoms with E-state index in [1.165, 1.54) is 5.56 Å². The first-order valence-corrected chi connectivity index (χ1v) is 5.46. The maximum Gasteiger partial charge on any atom is 0.230 e. The molecule has 15 heavy (non-hydrogen) atoms. The van der Waals surface area contributed by atoms with Crippen LogP contribution in [0.1, 0.15) is 11.3 Å². The summed E-state index contributed by atoms with van der Waals surface area (Å²) in [7, 11) is 0. The summed E-state index contributed by atoms with van der Waals surface area (Å²) in [5, 5.41) is 7.40. The van der Waals surface area contributed by atoms with Gasteiger partial charge in [0.2, 0.25) is 5.88 Å². The van der Waals surface area contributed by atoms with Gasteiger partial charge in [0, 0.05) is 25.2 Å². The first kappa shape index (κ1) is 9.18. The average molecular weight is 209 g/mol. The quantitative estimate of drug-likeness (QED) is 0.714. The zero-order chi connectivity index (χ0) is 10.1. The van der Waals surface area contributed by atoms with Crippen LogP contribution in [0, 0.1) is 0 Å². The van der Waals surface area contributed by atoms with Crippen LogP contribution in [0.2, 0.25) is 0 Å². The normalized spacial score (nSPS) is 21.5. The van der Waals surface area contributed by atoms with Gasteiger partial charge in [-0.15, -0.1) is 0 Å². The van der Waals surface area contributed by atoms with Crippen molar-refractivity contribution in [2.75, 3.05) is 37.7 Å². The number of morpholine rings is 1. The molecule has 0 unspecified atom stereocenters. The summed E-state index contributed by atoms with van der Waals surface area (Å²) in [5.41, 5.74) is 2.36. The standard InChI is InChI=1S/C10H15N3O2/c1-2-11-7-9-8(1)10(15-12-9)13-3-5-14-6-4-13/h11H,1-7H2. The average Bonchev–Trinajstić information content (AvgIpc) is 2.74. The second-order valence-electron chi connectivity index (χ2n) is 3.94. The smallest absolute Gasteiger partial charge is 0.230 e. The molecule has 82 valence electrons. The third-order valence-electron chi connectivity index (χ3n) is 2.99. The zero-order valence-corrected chi connectivity index (χ0v) is 8.66. The molecule has 2 aliphatic heterocycles. The fourth-order valence-corrected chi connectivity index (χ4v) is 2.16. The molecule has 0 amide bonds. The van der Waals surface area contributed by atoms with Crippen LogP contribution in [-0.4, -0.2) is 38.0 Å². The van der Waals surface area contributed by atoms with Crippen molar-refractivity contribution in [2.24, 2.45) is 0 Å². The van der Waals surface area contributed by atoms with Crippen molar-refractivity contribution in [1.82, 2.24) is 10.5 Å². The molecule has 1 saturated heterocycles. The second kappa shape index (κ2) is 3.83. The third-order valence-corrected chi connectivity index (χ3v) is 2.99. The highest BCUT2D eigenvalue weighted by Gasteiger charge is 2.24. The molecule has 0 bridgehead atoms. The van der Waals surface area contributed by atoms with Crippen LogP contribution < -0.4 is 10.2 Å². The number of nitrogens with one attached hydrogen (secondary N) is 1. The summed E-state index contributed by atoms with van der Waals surface area (Å²) in [5.74, 6) is 0.967. The van der Waals surface area contributed by atoms with Crippen molar-refractivity contribution in [3.05, 3.63) is 11.3 Å². The molecule has 2 aliphatic rings. The van der Waals surface area contributed by atoms with Crippen LogP contribution in [0.15, 0.2) is 4.52 Å². The Morgan fingerprint density at radius 3 is 3.00 bits per heavy atom. The van der Waals surface area contributed by atoms with Gasteiger partial charge in [-0.05, 0) is 13.0 Å². The molecular formula is C10H15N3O2. The molecule has 3 heterocycles. The molecule has 0 spiro atoms. The Bertz CT molecular complexity index is 344. The van der Waals surface area contributed by atoms with E-state index >= 15 is 0 Å². The summed E-state index contributed by atoms with van der Waals surface area (Å²) in [6.07, 6.45) is 1.02. The maximum atomic E-state index is 5.44. The van der Waals surface area contributed by atoms with Gasteiger partial charge in [-0.25, -0.2) is 0 Å². The maximum absolute atomic E-state index is 5.44. The summed E-state index contributed by atoms with van der Waals surface area (Å²) in [4.78, 5) is 2.24. The molecule has 5 nitrogen and oxygen atoms in total. The summed E-state index contributed by atoms with van der Waals surface area (Å²) < 4.78 is 10.8. The Morgan fingerprint density at radius 2 is 2.13 bits per heavy atom. The van der Waals surface area contributed by atoms with Crippen LogP contribution in [0.5, 0.6) is 0 Å². The Morgan fingerprint density at radius 1 is 1.27 bits per heavy atom. The number of rotatable bonds is 1. The van der Waals surface area contributed by atoms with E-state index in [0.29, 0.717) is 0 Å². The highest BCUT2D eigenvalue weighted by atomic mass is 16.5. The van der Waals surface area contributed by atoms with E-state index in [2.05, 4.69) is 15.4 Å². The molecule has 1 aromatic rings. The molecule has 0 radical (unpaired) electrons. The number of aromatic nitrogens is 1. The number of anilines is 1. The van der Waals surface area contributed by atoms with E-state index in [-0.39, 0.29) is 0 Å². The van der Waals surface area contributed by atoms with Crippen molar-refractivity contribution in [1.29, 1.82) is 0 Å². The Balaban J connectivity index is 1.87. The molecule has 1 aromatic heterocycles. The van der Waals surface area contributed by atoms with E-state index in [1.807, 2.05) is 0 Å². The predicted octanol–water partition coefficient (Wildman–Crippen LogP) is 0.157. The lowest BCUT2D eigenvalue weighted by molar-refractivity contribution is 0.120. The first-order valence-electron chi connectivity index (χ1n) is 5.46. The van der Waals surface area contributed by atoms with Crippen molar-refractivity contribution in [2.45, 2.75) is 13.0 Å². The van der Waals surface area contributed by atoms with Gasteiger partial charge >= 0.3 is 0 Å². The molecule has 0 atom stereocenters. The largest absolute Gasteiger partial charge is 0.378 e. The number of hydrogen-bond acceptors (Lipinski definition) is 5. The Labute approximate surface area is 88.4 Å². The summed E-state index contributed by atoms with van der Waals surface area (Å²) in [6.45, 7) is 5.25. The van der Waals surface area contributed by atoms with Crippen molar-refractivity contribution in [3.8, 4) is 0 Å². The minimum absolute atomic E-state index is 0.785. The molecule has 1 N–H and O–H groups in total. The van der Waals surface area contributed by atoms with Gasteiger partial charge < -0.3 is 19.5 Å². The van der Waals surface area contributed by atoms with E-state index < -0.39 is 0 Å². The van der Waals surface area contributed by atoms with Gasteiger partial charge in [-0.2, -0.15) is 0 Å². The van der Waals surface area contributed by atoms with Crippen LogP contribution in [0.25, 0.3) is 0 Å². The van der Waals surface area contributed by atoms with E-state index in [1.54, 1.807) is 0 Å². The van der Waals surface area contributed by atoms with Gasteiger partial charge in [0.05, 0.1) is 13.2 Å². The van der Waals surface area contributed by atoms with Crippen LogP contribution >= 0.6 is 0 Å². The first-order chi connectivity index (χ1) is 7.45. The van der Waals surface area contributed by atoms with Gasteiger partial charge in [0.25, 0.3) is 0 Å². The highest BCUT2D eigenvalue weighted by molar-refractivity contribution is 5.47. The number of hydrogen-bond donors (Lipinski definition) is 1. The SMILES string of the molecule is C1Cc2c(noc2N2CCOCC2)CN1. The summed E-state index contributed by atoms with van der Waals surface area (Å²) in [6, 6.07) is 0. The summed E-state index contributed by atoms with van der Waals surface area (Å²) >= 11 is 0. The third kappa shape index (κ3) is 1.61. The molecule has 1 fully saturated rings. The van der Waals surface area contributed by atoms with E-state index in [0.717, 1.165) is 57.4 Å². The Kier molecular flexibility index (Phi) is 2.34. The zero-order valence-electron chi connectivity index (χ0n) is 8.66. The van der Waals surface area contributed by atoms with E-state index in [4.69, 9.17) is 9.26 Å². The molecule has 0 aromatic carbocycles. The van der Waals surface area contributed by atoms with Gasteiger partial charge in [-0.3, -0.25) is 0 Å². The van der Waals surface area contributed by atoms with Crippen LogP contribution in [0.4, 0.5) is 5.88 Å². The molecule has 5 heteroatoms. The minimum atomic E-state index is 0.785. The molecule has 0 aliphatic carbocycles. The molecular weight excluding hydrogens is 194 g/mol. The predicted molar refractivity (Wildman–Crippen MR) is 54.9 cm³/mol. The highest BCUT2D eigenvalue weighted by Crippen LogP contribution is 2.26. The van der Waals surface area contributed by atoms with Crippen LogP contribution in [-0.2, 0) is 17.7 Å². The lowest BCUT2D eigenvalue weighted by Gasteiger charge is -2.27. The van der Waals surface area contributed by atoms with Gasteiger partial charge in [-0.1, -0.05) is 5.16 Å². The van der Waals surface area contributed by atoms with Gasteiger partial charge in [0.15, 0.2) is 0 Å². The monoisotopic (exact) mass is 209 g/mol. The molecule has 0 saturated carbocycles.